The molecule has 0 bridgehead atoms. The van der Waals surface area contributed by atoms with Crippen molar-refractivity contribution in [2.24, 2.45) is 4.99 Å². The minimum absolute atomic E-state index is 0.101. The zero-order valence-electron chi connectivity index (χ0n) is 24.3. The number of hydrogen-bond donors (Lipinski definition) is 2. The molecule has 0 aliphatic carbocycles. The highest BCUT2D eigenvalue weighted by Gasteiger charge is 2.42. The first-order chi connectivity index (χ1) is 21.1. The van der Waals surface area contributed by atoms with Gasteiger partial charge in [-0.2, -0.15) is 5.10 Å². The highest BCUT2D eigenvalue weighted by atomic mass is 32.2. The highest BCUT2D eigenvalue weighted by Crippen LogP contribution is 2.47. The maximum Gasteiger partial charge on any atom is 0.291 e. The molecule has 3 heterocycles. The van der Waals surface area contributed by atoms with Crippen LogP contribution in [0.5, 0.6) is 5.75 Å². The number of nitrogens with one attached hydrogen (secondary N) is 1. The number of aromatic nitrogens is 2. The van der Waals surface area contributed by atoms with Gasteiger partial charge in [0.15, 0.2) is 5.82 Å². The van der Waals surface area contributed by atoms with Gasteiger partial charge in [0.05, 0.1) is 38.6 Å². The van der Waals surface area contributed by atoms with E-state index in [1.807, 2.05) is 54.3 Å². The van der Waals surface area contributed by atoms with E-state index in [9.17, 15) is 18.3 Å². The van der Waals surface area contributed by atoms with Gasteiger partial charge in [0.2, 0.25) is 15.7 Å². The summed E-state index contributed by atoms with van der Waals surface area (Å²) in [5, 5.41) is 18.1. The molecule has 0 spiro atoms. The summed E-state index contributed by atoms with van der Waals surface area (Å²) in [7, 11) is -3.73. The summed E-state index contributed by atoms with van der Waals surface area (Å²) in [5.74, 6) is 0.677. The number of anilines is 2. The molecule has 10 heteroatoms. The normalized spacial score (nSPS) is 15.7. The van der Waals surface area contributed by atoms with Crippen LogP contribution in [0.25, 0.3) is 5.69 Å². The van der Waals surface area contributed by atoms with Crippen molar-refractivity contribution in [2.45, 2.75) is 42.5 Å². The summed E-state index contributed by atoms with van der Waals surface area (Å²) < 4.78 is 28.4. The molecule has 4 aromatic carbocycles. The van der Waals surface area contributed by atoms with Crippen molar-refractivity contribution in [2.75, 3.05) is 10.2 Å². The lowest BCUT2D eigenvalue weighted by Gasteiger charge is -2.40. The summed E-state index contributed by atoms with van der Waals surface area (Å²) in [6.07, 6.45) is 0. The van der Waals surface area contributed by atoms with Crippen LogP contribution in [0.4, 0.5) is 17.2 Å². The van der Waals surface area contributed by atoms with Crippen molar-refractivity contribution in [1.29, 1.82) is 0 Å². The van der Waals surface area contributed by atoms with Crippen LogP contribution in [0.15, 0.2) is 112 Å². The molecule has 0 saturated heterocycles. The molecule has 9 nitrogen and oxygen atoms in total. The van der Waals surface area contributed by atoms with Crippen LogP contribution in [0, 0.1) is 6.92 Å². The van der Waals surface area contributed by atoms with Crippen molar-refractivity contribution in [3.05, 3.63) is 119 Å². The number of aromatic hydroxyl groups is 1. The fourth-order valence-corrected chi connectivity index (χ4v) is 7.13. The lowest BCUT2D eigenvalue weighted by molar-refractivity contribution is -0.110. The second-order valence-electron chi connectivity index (χ2n) is 11.2. The average Bonchev–Trinajstić information content (AvgIpc) is 3.36. The number of aliphatic imine (C=N–C) groups is 1. The van der Waals surface area contributed by atoms with Crippen molar-refractivity contribution in [3.63, 3.8) is 0 Å². The van der Waals surface area contributed by atoms with Crippen LogP contribution >= 0.6 is 0 Å². The molecule has 0 fully saturated rings. The Morgan fingerprint density at radius 2 is 1.57 bits per heavy atom. The third kappa shape index (κ3) is 4.37. The Morgan fingerprint density at radius 1 is 0.886 bits per heavy atom. The van der Waals surface area contributed by atoms with Crippen LogP contribution < -0.4 is 10.2 Å². The van der Waals surface area contributed by atoms with Gasteiger partial charge in [-0.25, -0.2) is 18.1 Å². The zero-order chi connectivity index (χ0) is 30.7. The van der Waals surface area contributed by atoms with Crippen molar-refractivity contribution >= 4 is 38.8 Å². The quantitative estimate of drug-likeness (QED) is 0.239. The van der Waals surface area contributed by atoms with E-state index in [1.54, 1.807) is 59.3 Å². The minimum atomic E-state index is -3.73. The standard InChI is InChI=1S/C34H29N5O4S/c1-20(2)22-11-15-26(16-12-22)44(42,43)27-17-13-24(14-18-27)39-32-30(21(3)37-39)31(23-7-6-8-25(40)19-23)38-29-10-5-4-9-28(29)35-34(41)33(38)36-32/h4-20,31,40H,1-3H3,(H,35,41). The number of phenolic OH excluding ortho intramolecular Hbond substituents is 1. The largest absolute Gasteiger partial charge is 0.508 e. The van der Waals surface area contributed by atoms with Crippen LogP contribution in [0.3, 0.4) is 0 Å². The van der Waals surface area contributed by atoms with Gasteiger partial charge in [0.1, 0.15) is 5.75 Å². The van der Waals surface area contributed by atoms with E-state index >= 15 is 0 Å². The number of amides is 1. The molecule has 1 unspecified atom stereocenters. The SMILES string of the molecule is Cc1nn(-c2ccc(S(=O)(=O)c3ccc(C(C)C)cc3)cc2)c2c1C(c1cccc(O)c1)N1C(=N2)C(=O)Nc2ccccc21. The maximum atomic E-state index is 13.4. The second kappa shape index (κ2) is 10.2. The number of phenols is 1. The Labute approximate surface area is 255 Å². The number of para-hydroxylation sites is 2. The number of amidine groups is 1. The first-order valence-corrected chi connectivity index (χ1v) is 15.7. The molecule has 220 valence electrons. The maximum absolute atomic E-state index is 13.4. The predicted molar refractivity (Wildman–Crippen MR) is 169 cm³/mol. The minimum Gasteiger partial charge on any atom is -0.508 e. The van der Waals surface area contributed by atoms with Gasteiger partial charge in [-0.05, 0) is 84.6 Å². The monoisotopic (exact) mass is 603 g/mol. The van der Waals surface area contributed by atoms with Gasteiger partial charge in [-0.3, -0.25) is 4.79 Å². The Balaban J connectivity index is 1.35. The molecule has 1 amide bonds. The van der Waals surface area contributed by atoms with Gasteiger partial charge >= 0.3 is 0 Å². The van der Waals surface area contributed by atoms with E-state index in [0.717, 1.165) is 22.4 Å². The summed E-state index contributed by atoms with van der Waals surface area (Å²) >= 11 is 0. The zero-order valence-corrected chi connectivity index (χ0v) is 25.1. The number of benzene rings is 4. The average molecular weight is 604 g/mol. The molecule has 2 aliphatic rings. The van der Waals surface area contributed by atoms with E-state index in [-0.39, 0.29) is 27.3 Å². The molecule has 5 aromatic rings. The molecular weight excluding hydrogens is 574 g/mol. The van der Waals surface area contributed by atoms with Crippen molar-refractivity contribution in [3.8, 4) is 11.4 Å². The molecule has 1 atom stereocenters. The van der Waals surface area contributed by atoms with E-state index in [0.29, 0.717) is 28.8 Å². The molecule has 1 aromatic heterocycles. The Morgan fingerprint density at radius 3 is 2.25 bits per heavy atom. The van der Waals surface area contributed by atoms with E-state index in [4.69, 9.17) is 10.1 Å². The second-order valence-corrected chi connectivity index (χ2v) is 13.2. The number of fused-ring (bicyclic) bond motifs is 4. The van der Waals surface area contributed by atoms with Gasteiger partial charge in [-0.15, -0.1) is 0 Å². The van der Waals surface area contributed by atoms with Gasteiger partial charge < -0.3 is 15.3 Å². The van der Waals surface area contributed by atoms with Crippen LogP contribution in [-0.2, 0) is 14.6 Å². The third-order valence-electron chi connectivity index (χ3n) is 8.10. The molecule has 0 radical (unpaired) electrons. The first-order valence-electron chi connectivity index (χ1n) is 14.3. The molecule has 44 heavy (non-hydrogen) atoms. The molecule has 2 aliphatic heterocycles. The van der Waals surface area contributed by atoms with Gasteiger partial charge in [0, 0.05) is 5.56 Å². The highest BCUT2D eigenvalue weighted by molar-refractivity contribution is 7.91. The number of carbonyl (C=O) groups is 1. The number of carbonyl (C=O) groups excluding carboxylic acids is 1. The van der Waals surface area contributed by atoms with Crippen LogP contribution in [-0.4, -0.2) is 35.0 Å². The summed E-state index contributed by atoms with van der Waals surface area (Å²) in [6, 6.07) is 27.4. The van der Waals surface area contributed by atoms with Gasteiger partial charge in [-0.1, -0.05) is 50.2 Å². The fourth-order valence-electron chi connectivity index (χ4n) is 5.87. The number of nitrogens with zero attached hydrogens (tertiary/aromatic N) is 4. The number of sulfone groups is 1. The summed E-state index contributed by atoms with van der Waals surface area (Å²) in [4.78, 5) is 20.5. The Hall–Kier alpha value is -5.22. The lowest BCUT2D eigenvalue weighted by Crippen LogP contribution is -2.48. The third-order valence-corrected chi connectivity index (χ3v) is 9.89. The molecule has 7 rings (SSSR count). The molecular formula is C34H29N5O4S. The predicted octanol–water partition coefficient (Wildman–Crippen LogP) is 6.43. The van der Waals surface area contributed by atoms with E-state index < -0.39 is 15.9 Å². The summed E-state index contributed by atoms with van der Waals surface area (Å²) in [6.45, 7) is 6.00. The lowest BCUT2D eigenvalue weighted by atomic mass is 9.93. The Bertz CT molecular complexity index is 2080. The van der Waals surface area contributed by atoms with E-state index in [2.05, 4.69) is 19.2 Å². The van der Waals surface area contributed by atoms with Gasteiger partial charge in [0.25, 0.3) is 5.91 Å². The fraction of sp³-hybridized carbons (Fsp3) is 0.147. The van der Waals surface area contributed by atoms with Crippen LogP contribution in [0.1, 0.15) is 48.2 Å². The smallest absolute Gasteiger partial charge is 0.291 e. The number of hydrogen-bond acceptors (Lipinski definition) is 7. The van der Waals surface area contributed by atoms with Crippen LogP contribution in [0.2, 0.25) is 0 Å². The Kier molecular flexibility index (Phi) is 6.40. The number of aryl methyl sites for hydroxylation is 1. The topological polar surface area (TPSA) is 117 Å². The van der Waals surface area contributed by atoms with Crippen molar-refractivity contribution in [1.82, 2.24) is 9.78 Å². The first kappa shape index (κ1) is 27.6. The molecule has 0 saturated carbocycles. The number of rotatable bonds is 5. The van der Waals surface area contributed by atoms with Crippen molar-refractivity contribution < 1.29 is 18.3 Å². The summed E-state index contributed by atoms with van der Waals surface area (Å²) in [5.41, 5.74) is 5.30. The van der Waals surface area contributed by atoms with E-state index in [1.165, 1.54) is 0 Å². The molecule has 2 N–H and O–H groups in total.